The Morgan fingerprint density at radius 3 is 2.74 bits per heavy atom. The molecule has 0 amide bonds. The molecule has 3 rings (SSSR count). The number of anilines is 1. The van der Waals surface area contributed by atoms with Crippen LogP contribution in [0.3, 0.4) is 0 Å². The van der Waals surface area contributed by atoms with Gasteiger partial charge in [-0.15, -0.1) is 0 Å². The summed E-state index contributed by atoms with van der Waals surface area (Å²) in [5, 5.41) is 4.15. The molecule has 0 aliphatic rings. The van der Waals surface area contributed by atoms with E-state index in [2.05, 4.69) is 44.8 Å². The number of allylic oxidation sites excluding steroid dienone is 2. The summed E-state index contributed by atoms with van der Waals surface area (Å²) in [7, 11) is 0. The average molecular weight is 381 g/mol. The van der Waals surface area contributed by atoms with Crippen molar-refractivity contribution >= 4 is 28.6 Å². The minimum absolute atomic E-state index is 0.00407. The molecule has 0 aliphatic heterocycles. The zero-order valence-electron chi connectivity index (χ0n) is 15.4. The number of nitrogens with one attached hydrogen (secondary N) is 1. The molecule has 0 aromatic carbocycles. The lowest BCUT2D eigenvalue weighted by Gasteiger charge is -2.18. The average Bonchev–Trinajstić information content (AvgIpc) is 2.68. The molecule has 3 aromatic heterocycles. The van der Waals surface area contributed by atoms with E-state index in [-0.39, 0.29) is 11.9 Å². The highest BCUT2D eigenvalue weighted by Gasteiger charge is 2.13. The summed E-state index contributed by atoms with van der Waals surface area (Å²) in [6, 6.07) is 4.90. The molecule has 1 atom stereocenters. The molecule has 5 nitrogen and oxygen atoms in total. The minimum Gasteiger partial charge on any atom is -0.362 e. The van der Waals surface area contributed by atoms with Crippen molar-refractivity contribution in [3.05, 3.63) is 65.2 Å². The van der Waals surface area contributed by atoms with E-state index in [1.54, 1.807) is 24.0 Å². The van der Waals surface area contributed by atoms with Crippen molar-refractivity contribution < 1.29 is 4.39 Å². The van der Waals surface area contributed by atoms with E-state index in [0.29, 0.717) is 17.2 Å². The Kier molecular flexibility index (Phi) is 5.81. The molecule has 3 aromatic rings. The molecule has 27 heavy (non-hydrogen) atoms. The first kappa shape index (κ1) is 19.0. The third-order valence-corrected chi connectivity index (χ3v) is 5.22. The van der Waals surface area contributed by atoms with E-state index in [1.807, 2.05) is 19.9 Å². The predicted molar refractivity (Wildman–Crippen MR) is 110 cm³/mol. The lowest BCUT2D eigenvalue weighted by molar-refractivity contribution is 0.622. The predicted octanol–water partition coefficient (Wildman–Crippen LogP) is 5.20. The third kappa shape index (κ3) is 4.49. The van der Waals surface area contributed by atoms with Crippen LogP contribution in [0.1, 0.15) is 20.8 Å². The first-order valence-corrected chi connectivity index (χ1v) is 9.28. The van der Waals surface area contributed by atoms with Crippen LogP contribution in [0.2, 0.25) is 0 Å². The van der Waals surface area contributed by atoms with Gasteiger partial charge in [0, 0.05) is 16.7 Å². The summed E-state index contributed by atoms with van der Waals surface area (Å²) < 4.78 is 13.1. The normalized spacial score (nSPS) is 12.8. The Morgan fingerprint density at radius 1 is 1.22 bits per heavy atom. The fourth-order valence-electron chi connectivity index (χ4n) is 2.39. The van der Waals surface area contributed by atoms with Gasteiger partial charge in [0.25, 0.3) is 0 Å². The first-order valence-electron chi connectivity index (χ1n) is 8.46. The lowest BCUT2D eigenvalue weighted by Crippen LogP contribution is -2.17. The Morgan fingerprint density at radius 2 is 2.04 bits per heavy atom. The van der Waals surface area contributed by atoms with Crippen molar-refractivity contribution in [3.63, 3.8) is 0 Å². The van der Waals surface area contributed by atoms with Crippen LogP contribution >= 0.6 is 11.8 Å². The van der Waals surface area contributed by atoms with Crippen LogP contribution in [0, 0.1) is 5.82 Å². The summed E-state index contributed by atoms with van der Waals surface area (Å²) in [5.74, 6) is 0.295. The highest BCUT2D eigenvalue weighted by molar-refractivity contribution is 8.06. The van der Waals surface area contributed by atoms with Crippen molar-refractivity contribution in [2.75, 3.05) is 5.32 Å². The summed E-state index contributed by atoms with van der Waals surface area (Å²) >= 11 is 1.63. The van der Waals surface area contributed by atoms with Gasteiger partial charge in [-0.05, 0) is 43.9 Å². The Balaban J connectivity index is 1.92. The van der Waals surface area contributed by atoms with Gasteiger partial charge in [0.05, 0.1) is 23.3 Å². The second-order valence-electron chi connectivity index (χ2n) is 6.01. The van der Waals surface area contributed by atoms with Crippen molar-refractivity contribution in [2.45, 2.75) is 26.8 Å². The lowest BCUT2D eigenvalue weighted by atomic mass is 10.1. The highest BCUT2D eigenvalue weighted by Crippen LogP contribution is 2.29. The number of rotatable bonds is 6. The highest BCUT2D eigenvalue weighted by atomic mass is 32.2. The summed E-state index contributed by atoms with van der Waals surface area (Å²) in [5.41, 5.74) is 1.98. The summed E-state index contributed by atoms with van der Waals surface area (Å²) in [6.07, 6.45) is 6.39. The van der Waals surface area contributed by atoms with Gasteiger partial charge >= 0.3 is 0 Å². The zero-order valence-corrected chi connectivity index (χ0v) is 16.2. The third-order valence-electron chi connectivity index (χ3n) is 4.05. The molecule has 1 unspecified atom stereocenters. The quantitative estimate of drug-likeness (QED) is 0.633. The number of aromatic nitrogens is 4. The van der Waals surface area contributed by atoms with E-state index in [9.17, 15) is 4.39 Å². The molecule has 3 heterocycles. The minimum atomic E-state index is -0.376. The first-order chi connectivity index (χ1) is 13.0. The standard InChI is InChI=1S/C20H20FN5S/c1-5-12(2)27-14(4)13(3)26-20-17-8-15(9-23-19(17)24-11-25-20)18-7-6-16(21)10-22-18/h5-11,13H,4H2,1-3H3,(H,23,24,25,26)/b12-5-. The summed E-state index contributed by atoms with van der Waals surface area (Å²) in [4.78, 5) is 19.3. The molecule has 1 N–H and O–H groups in total. The maximum absolute atomic E-state index is 13.1. The van der Waals surface area contributed by atoms with Gasteiger partial charge in [0.15, 0.2) is 5.65 Å². The van der Waals surface area contributed by atoms with E-state index in [4.69, 9.17) is 0 Å². The van der Waals surface area contributed by atoms with Crippen molar-refractivity contribution in [1.29, 1.82) is 0 Å². The maximum Gasteiger partial charge on any atom is 0.164 e. The summed E-state index contributed by atoms with van der Waals surface area (Å²) in [6.45, 7) is 10.2. The van der Waals surface area contributed by atoms with Crippen molar-refractivity contribution in [1.82, 2.24) is 19.9 Å². The zero-order chi connectivity index (χ0) is 19.4. The van der Waals surface area contributed by atoms with E-state index in [1.165, 1.54) is 23.5 Å². The van der Waals surface area contributed by atoms with Crippen LogP contribution in [-0.4, -0.2) is 26.0 Å². The van der Waals surface area contributed by atoms with E-state index >= 15 is 0 Å². The van der Waals surface area contributed by atoms with Crippen LogP contribution in [0.4, 0.5) is 10.2 Å². The second kappa shape index (κ2) is 8.26. The Labute approximate surface area is 161 Å². The van der Waals surface area contributed by atoms with Crippen molar-refractivity contribution in [3.8, 4) is 11.3 Å². The molecule has 0 saturated carbocycles. The largest absolute Gasteiger partial charge is 0.362 e. The van der Waals surface area contributed by atoms with Gasteiger partial charge in [-0.1, -0.05) is 24.4 Å². The number of pyridine rings is 2. The fourth-order valence-corrected chi connectivity index (χ4v) is 3.15. The molecule has 0 fully saturated rings. The molecule has 0 aliphatic carbocycles. The van der Waals surface area contributed by atoms with Crippen LogP contribution in [0.25, 0.3) is 22.3 Å². The Hall–Kier alpha value is -2.80. The van der Waals surface area contributed by atoms with Crippen LogP contribution in [-0.2, 0) is 0 Å². The van der Waals surface area contributed by atoms with Gasteiger partial charge in [0.1, 0.15) is 18.0 Å². The molecular formula is C20H20FN5S. The molecule has 0 bridgehead atoms. The molecule has 0 radical (unpaired) electrons. The number of nitrogens with zero attached hydrogens (tertiary/aromatic N) is 4. The van der Waals surface area contributed by atoms with E-state index < -0.39 is 0 Å². The molecule has 7 heteroatoms. The SMILES string of the molecule is C=C(S/C(C)=C\C)C(C)Nc1ncnc2ncc(-c3ccc(F)cn3)cc12. The molecular weight excluding hydrogens is 361 g/mol. The maximum atomic E-state index is 13.1. The number of fused-ring (bicyclic) bond motifs is 1. The van der Waals surface area contributed by atoms with Gasteiger partial charge in [-0.3, -0.25) is 4.98 Å². The van der Waals surface area contributed by atoms with Crippen molar-refractivity contribution in [2.24, 2.45) is 0 Å². The van der Waals surface area contributed by atoms with Crippen LogP contribution < -0.4 is 5.32 Å². The van der Waals surface area contributed by atoms with Crippen LogP contribution in [0.15, 0.2) is 59.4 Å². The fraction of sp³-hybridized carbons (Fsp3) is 0.200. The molecule has 0 spiro atoms. The number of thioether (sulfide) groups is 1. The Bertz CT molecular complexity index is 1000. The van der Waals surface area contributed by atoms with Gasteiger partial charge in [0.2, 0.25) is 0 Å². The van der Waals surface area contributed by atoms with E-state index in [0.717, 1.165) is 15.9 Å². The van der Waals surface area contributed by atoms with Gasteiger partial charge in [-0.2, -0.15) is 0 Å². The topological polar surface area (TPSA) is 63.6 Å². The van der Waals surface area contributed by atoms with Gasteiger partial charge < -0.3 is 5.32 Å². The monoisotopic (exact) mass is 381 g/mol. The molecule has 138 valence electrons. The number of hydrogen-bond donors (Lipinski definition) is 1. The van der Waals surface area contributed by atoms with Gasteiger partial charge in [-0.25, -0.2) is 19.3 Å². The molecule has 0 saturated heterocycles. The van der Waals surface area contributed by atoms with Crippen LogP contribution in [0.5, 0.6) is 0 Å². The number of hydrogen-bond acceptors (Lipinski definition) is 6. The number of halogens is 1. The smallest absolute Gasteiger partial charge is 0.164 e. The second-order valence-corrected chi connectivity index (χ2v) is 7.39.